The van der Waals surface area contributed by atoms with Gasteiger partial charge in [-0.15, -0.1) is 0 Å². The standard InChI is InChI=1S/C14H15BrFN3/c1-9-12(15)13(14(8-17)6-7-14)18-19(9)11-5-3-2-4-10(11)16/h2-5H,6-8,17H2,1H3. The molecule has 1 aromatic heterocycles. The number of nitrogens with two attached hydrogens (primary N) is 1. The molecule has 2 aromatic rings. The number of para-hydroxylation sites is 1. The highest BCUT2D eigenvalue weighted by molar-refractivity contribution is 9.10. The molecule has 0 saturated heterocycles. The Morgan fingerprint density at radius 1 is 1.42 bits per heavy atom. The van der Waals surface area contributed by atoms with Crippen LogP contribution in [0.25, 0.3) is 5.69 Å². The molecule has 2 N–H and O–H groups in total. The van der Waals surface area contributed by atoms with Gasteiger partial charge < -0.3 is 5.73 Å². The topological polar surface area (TPSA) is 43.8 Å². The van der Waals surface area contributed by atoms with Crippen LogP contribution in [-0.4, -0.2) is 16.3 Å². The van der Waals surface area contributed by atoms with E-state index in [-0.39, 0.29) is 11.2 Å². The van der Waals surface area contributed by atoms with Crippen molar-refractivity contribution >= 4 is 15.9 Å². The van der Waals surface area contributed by atoms with Crippen molar-refractivity contribution in [3.63, 3.8) is 0 Å². The van der Waals surface area contributed by atoms with Gasteiger partial charge in [-0.2, -0.15) is 5.10 Å². The van der Waals surface area contributed by atoms with Crippen molar-refractivity contribution in [3.05, 3.63) is 45.9 Å². The summed E-state index contributed by atoms with van der Waals surface area (Å²) in [7, 11) is 0. The Morgan fingerprint density at radius 2 is 2.11 bits per heavy atom. The fraction of sp³-hybridized carbons (Fsp3) is 0.357. The molecule has 1 saturated carbocycles. The maximum atomic E-state index is 13.9. The lowest BCUT2D eigenvalue weighted by atomic mass is 10.0. The van der Waals surface area contributed by atoms with Crippen LogP contribution in [0.15, 0.2) is 28.7 Å². The first-order chi connectivity index (χ1) is 9.09. The summed E-state index contributed by atoms with van der Waals surface area (Å²) >= 11 is 3.58. The summed E-state index contributed by atoms with van der Waals surface area (Å²) in [5.74, 6) is -0.273. The molecule has 1 aliphatic carbocycles. The maximum absolute atomic E-state index is 13.9. The van der Waals surface area contributed by atoms with Gasteiger partial charge in [0, 0.05) is 12.0 Å². The summed E-state index contributed by atoms with van der Waals surface area (Å²) in [6.07, 6.45) is 2.10. The van der Waals surface area contributed by atoms with E-state index < -0.39 is 0 Å². The van der Waals surface area contributed by atoms with Crippen LogP contribution in [0.4, 0.5) is 4.39 Å². The zero-order valence-corrected chi connectivity index (χ0v) is 12.2. The molecular formula is C14H15BrFN3. The molecule has 0 spiro atoms. The predicted molar refractivity (Wildman–Crippen MR) is 75.9 cm³/mol. The van der Waals surface area contributed by atoms with Gasteiger partial charge in [-0.1, -0.05) is 12.1 Å². The molecule has 0 unspecified atom stereocenters. The molecule has 0 aliphatic heterocycles. The van der Waals surface area contributed by atoms with Gasteiger partial charge in [0.05, 0.1) is 15.9 Å². The van der Waals surface area contributed by atoms with Gasteiger partial charge in [-0.25, -0.2) is 9.07 Å². The van der Waals surface area contributed by atoms with Crippen LogP contribution in [0.3, 0.4) is 0 Å². The normalized spacial score (nSPS) is 16.6. The van der Waals surface area contributed by atoms with E-state index in [0.717, 1.165) is 28.7 Å². The van der Waals surface area contributed by atoms with E-state index in [2.05, 4.69) is 21.0 Å². The van der Waals surface area contributed by atoms with Crippen LogP contribution in [0, 0.1) is 12.7 Å². The Hall–Kier alpha value is -1.20. The average Bonchev–Trinajstić information content (AvgIpc) is 3.15. The van der Waals surface area contributed by atoms with Crippen molar-refractivity contribution < 1.29 is 4.39 Å². The molecular weight excluding hydrogens is 309 g/mol. The molecule has 1 aliphatic rings. The maximum Gasteiger partial charge on any atom is 0.148 e. The second kappa shape index (κ2) is 4.42. The molecule has 0 bridgehead atoms. The second-order valence-electron chi connectivity index (χ2n) is 5.10. The van der Waals surface area contributed by atoms with E-state index in [1.54, 1.807) is 16.8 Å². The molecule has 3 rings (SSSR count). The van der Waals surface area contributed by atoms with E-state index in [0.29, 0.717) is 12.2 Å². The van der Waals surface area contributed by atoms with Gasteiger partial charge in [-0.3, -0.25) is 0 Å². The fourth-order valence-corrected chi connectivity index (χ4v) is 3.04. The summed E-state index contributed by atoms with van der Waals surface area (Å²) in [6, 6.07) is 6.66. The molecule has 0 amide bonds. The van der Waals surface area contributed by atoms with Gasteiger partial charge >= 0.3 is 0 Å². The van der Waals surface area contributed by atoms with Crippen LogP contribution in [0.2, 0.25) is 0 Å². The lowest BCUT2D eigenvalue weighted by Gasteiger charge is -2.09. The van der Waals surface area contributed by atoms with Crippen molar-refractivity contribution in [2.24, 2.45) is 5.73 Å². The highest BCUT2D eigenvalue weighted by Crippen LogP contribution is 2.49. The molecule has 3 nitrogen and oxygen atoms in total. The molecule has 1 aromatic carbocycles. The Kier molecular flexibility index (Phi) is 2.98. The number of rotatable bonds is 3. The Labute approximate surface area is 119 Å². The number of benzene rings is 1. The van der Waals surface area contributed by atoms with E-state index in [4.69, 9.17) is 5.73 Å². The van der Waals surface area contributed by atoms with Crippen molar-refractivity contribution in [1.82, 2.24) is 9.78 Å². The lowest BCUT2D eigenvalue weighted by molar-refractivity contribution is 0.601. The third-order valence-corrected chi connectivity index (χ3v) is 4.82. The number of hydrogen-bond donors (Lipinski definition) is 1. The summed E-state index contributed by atoms with van der Waals surface area (Å²) in [6.45, 7) is 2.51. The molecule has 0 radical (unpaired) electrons. The molecule has 100 valence electrons. The summed E-state index contributed by atoms with van der Waals surface area (Å²) in [5.41, 5.74) is 8.17. The van der Waals surface area contributed by atoms with E-state index in [1.807, 2.05) is 13.0 Å². The van der Waals surface area contributed by atoms with Crippen molar-refractivity contribution in [2.45, 2.75) is 25.2 Å². The van der Waals surface area contributed by atoms with E-state index in [1.165, 1.54) is 6.07 Å². The minimum absolute atomic E-state index is 0.0138. The number of halogens is 2. The van der Waals surface area contributed by atoms with Gasteiger partial charge in [-0.05, 0) is 47.8 Å². The number of aromatic nitrogens is 2. The van der Waals surface area contributed by atoms with Gasteiger partial charge in [0.15, 0.2) is 0 Å². The van der Waals surface area contributed by atoms with Crippen molar-refractivity contribution in [2.75, 3.05) is 6.54 Å². The van der Waals surface area contributed by atoms with Crippen molar-refractivity contribution in [3.8, 4) is 5.69 Å². The first-order valence-corrected chi connectivity index (χ1v) is 7.09. The molecule has 1 fully saturated rings. The Balaban J connectivity index is 2.15. The van der Waals surface area contributed by atoms with Crippen molar-refractivity contribution in [1.29, 1.82) is 0 Å². The molecule has 19 heavy (non-hydrogen) atoms. The smallest absolute Gasteiger partial charge is 0.148 e. The SMILES string of the molecule is Cc1c(Br)c(C2(CN)CC2)nn1-c1ccccc1F. The quantitative estimate of drug-likeness (QED) is 0.943. The lowest BCUT2D eigenvalue weighted by Crippen LogP contribution is -2.21. The van der Waals surface area contributed by atoms with Crippen LogP contribution in [-0.2, 0) is 5.41 Å². The number of nitrogens with zero attached hydrogens (tertiary/aromatic N) is 2. The van der Waals surface area contributed by atoms with Gasteiger partial charge in [0.2, 0.25) is 0 Å². The summed E-state index contributed by atoms with van der Waals surface area (Å²) < 4.78 is 16.5. The molecule has 0 atom stereocenters. The Bertz CT molecular complexity index is 632. The zero-order valence-electron chi connectivity index (χ0n) is 10.7. The van der Waals surface area contributed by atoms with Crippen LogP contribution in [0.5, 0.6) is 0 Å². The average molecular weight is 324 g/mol. The fourth-order valence-electron chi connectivity index (χ4n) is 2.37. The second-order valence-corrected chi connectivity index (χ2v) is 5.89. The van der Waals surface area contributed by atoms with Crippen LogP contribution in [0.1, 0.15) is 24.2 Å². The first kappa shape index (κ1) is 12.8. The molecule has 5 heteroatoms. The number of hydrogen-bond acceptors (Lipinski definition) is 2. The first-order valence-electron chi connectivity index (χ1n) is 6.30. The summed E-state index contributed by atoms with van der Waals surface area (Å²) in [5, 5.41) is 4.60. The van der Waals surface area contributed by atoms with Crippen LogP contribution < -0.4 is 5.73 Å². The third-order valence-electron chi connectivity index (χ3n) is 3.87. The largest absolute Gasteiger partial charge is 0.330 e. The third kappa shape index (κ3) is 1.92. The predicted octanol–water partition coefficient (Wildman–Crippen LogP) is 3.07. The highest BCUT2D eigenvalue weighted by Gasteiger charge is 2.47. The van der Waals surface area contributed by atoms with E-state index >= 15 is 0 Å². The minimum Gasteiger partial charge on any atom is -0.330 e. The van der Waals surface area contributed by atoms with Crippen LogP contribution >= 0.6 is 15.9 Å². The van der Waals surface area contributed by atoms with E-state index in [9.17, 15) is 4.39 Å². The Morgan fingerprint density at radius 3 is 2.68 bits per heavy atom. The minimum atomic E-state index is -0.273. The molecule has 1 heterocycles. The van der Waals surface area contributed by atoms with Gasteiger partial charge in [0.25, 0.3) is 0 Å². The monoisotopic (exact) mass is 323 g/mol. The zero-order chi connectivity index (χ0) is 13.6. The summed E-state index contributed by atoms with van der Waals surface area (Å²) in [4.78, 5) is 0. The highest BCUT2D eigenvalue weighted by atomic mass is 79.9. The van der Waals surface area contributed by atoms with Gasteiger partial charge in [0.1, 0.15) is 11.5 Å².